The second-order valence-electron chi connectivity index (χ2n) is 14.0. The smallest absolute Gasteiger partial charge is 0.201 e. The minimum atomic E-state index is -0.823. The van der Waals surface area contributed by atoms with Crippen LogP contribution in [0, 0.1) is 0 Å². The average molecular weight is 603 g/mol. The van der Waals surface area contributed by atoms with E-state index < -0.39 is 11.2 Å². The largest absolute Gasteiger partial charge is 0.389 e. The third kappa shape index (κ3) is 7.61. The molecule has 238 valence electrons. The van der Waals surface area contributed by atoms with Gasteiger partial charge in [-0.1, -0.05) is 18.2 Å². The molecule has 2 aliphatic rings. The first-order valence-corrected chi connectivity index (χ1v) is 15.7. The van der Waals surface area contributed by atoms with E-state index in [-0.39, 0.29) is 0 Å². The number of imidazole rings is 2. The van der Waals surface area contributed by atoms with Gasteiger partial charge in [0.1, 0.15) is 0 Å². The van der Waals surface area contributed by atoms with Crippen LogP contribution in [0.25, 0.3) is 27.6 Å². The van der Waals surface area contributed by atoms with E-state index in [1.165, 1.54) is 29.5 Å². The van der Waals surface area contributed by atoms with Crippen molar-refractivity contribution < 1.29 is 10.2 Å². The van der Waals surface area contributed by atoms with Gasteiger partial charge in [-0.05, 0) is 121 Å². The van der Waals surface area contributed by atoms with Crippen molar-refractivity contribution in [2.24, 2.45) is 0 Å². The van der Waals surface area contributed by atoms with E-state index in [4.69, 9.17) is 11.5 Å². The van der Waals surface area contributed by atoms with Gasteiger partial charge < -0.3 is 40.6 Å². The molecule has 10 heteroatoms. The number of hydrogen-bond acceptors (Lipinski definition) is 8. The zero-order valence-electron chi connectivity index (χ0n) is 27.2. The molecule has 0 bridgehead atoms. The quantitative estimate of drug-likeness (QED) is 0.257. The summed E-state index contributed by atoms with van der Waals surface area (Å²) in [6.45, 7) is 12.4. The lowest BCUT2D eigenvalue weighted by Crippen LogP contribution is -2.29. The highest BCUT2D eigenvalue weighted by atomic mass is 16.3. The van der Waals surface area contributed by atoms with Crippen molar-refractivity contribution in [1.29, 1.82) is 0 Å². The zero-order valence-corrected chi connectivity index (χ0v) is 27.2. The number of piperidine rings is 1. The van der Waals surface area contributed by atoms with Crippen molar-refractivity contribution in [3.05, 3.63) is 53.6 Å². The van der Waals surface area contributed by atoms with E-state index in [9.17, 15) is 10.2 Å². The Labute approximate surface area is 261 Å². The molecule has 0 atom stereocenters. The van der Waals surface area contributed by atoms with Crippen LogP contribution in [0.2, 0.25) is 0 Å². The fourth-order valence-electron chi connectivity index (χ4n) is 6.25. The molecule has 4 aromatic rings. The first-order valence-electron chi connectivity index (χ1n) is 15.7. The summed E-state index contributed by atoms with van der Waals surface area (Å²) >= 11 is 0. The standard InChI is InChI=1S/C17H26N4O.C17H24N4O/c2*1-17(2,22)11-21-15-5-4-13(10-14(15)19-16(21)18)12-6-8-20(3)9-7-12/h4-5,10,12,22H,6-9,11H2,1-3H3,(H2,18,19);4-6,10,22H,7-9,11H2,1-3H3,(H2,18,19). The lowest BCUT2D eigenvalue weighted by atomic mass is 9.89. The van der Waals surface area contributed by atoms with Crippen molar-refractivity contribution in [3.8, 4) is 0 Å². The fourth-order valence-corrected chi connectivity index (χ4v) is 6.25. The van der Waals surface area contributed by atoms with E-state index in [0.29, 0.717) is 30.9 Å². The Bertz CT molecular complexity index is 1630. The van der Waals surface area contributed by atoms with Crippen LogP contribution in [0.4, 0.5) is 11.9 Å². The molecule has 1 fully saturated rings. The first-order chi connectivity index (χ1) is 20.7. The summed E-state index contributed by atoms with van der Waals surface area (Å²) < 4.78 is 3.77. The van der Waals surface area contributed by atoms with Gasteiger partial charge in [0.15, 0.2) is 0 Å². The average Bonchev–Trinajstić information content (AvgIpc) is 3.41. The number of nitrogens with two attached hydrogens (primary N) is 2. The van der Waals surface area contributed by atoms with Crippen LogP contribution in [-0.4, -0.2) is 90.6 Å². The molecule has 10 nitrogen and oxygen atoms in total. The fraction of sp³-hybridized carbons (Fsp3) is 0.529. The second kappa shape index (κ2) is 12.5. The van der Waals surface area contributed by atoms with Crippen molar-refractivity contribution in [2.75, 3.05) is 51.7 Å². The molecule has 6 N–H and O–H groups in total. The van der Waals surface area contributed by atoms with E-state index in [1.54, 1.807) is 27.7 Å². The molecule has 2 aromatic carbocycles. The summed E-state index contributed by atoms with van der Waals surface area (Å²) in [6.07, 6.45) is 5.73. The normalized spacial score (nSPS) is 17.6. The van der Waals surface area contributed by atoms with Crippen LogP contribution in [0.3, 0.4) is 0 Å². The maximum atomic E-state index is 10.0. The molecule has 0 saturated carbocycles. The van der Waals surface area contributed by atoms with Gasteiger partial charge in [0.05, 0.1) is 46.4 Å². The number of hydrogen-bond donors (Lipinski definition) is 4. The van der Waals surface area contributed by atoms with Gasteiger partial charge in [0, 0.05) is 13.1 Å². The van der Waals surface area contributed by atoms with Gasteiger partial charge in [-0.25, -0.2) is 9.97 Å². The van der Waals surface area contributed by atoms with Gasteiger partial charge >= 0.3 is 0 Å². The molecule has 0 spiro atoms. The maximum absolute atomic E-state index is 10.0. The van der Waals surface area contributed by atoms with Crippen molar-refractivity contribution in [2.45, 2.75) is 77.2 Å². The topological polar surface area (TPSA) is 135 Å². The SMILES string of the molecule is CN1CC=C(c2ccc3c(c2)nc(N)n3CC(C)(C)O)CC1.CN1CCC(c2ccc3c(c2)nc(N)n3CC(C)(C)O)CC1. The molecule has 0 amide bonds. The lowest BCUT2D eigenvalue weighted by Gasteiger charge is -2.29. The molecule has 1 saturated heterocycles. The first kappa shape index (κ1) is 32.0. The number of anilines is 2. The Morgan fingerprint density at radius 2 is 1.32 bits per heavy atom. The monoisotopic (exact) mass is 602 g/mol. The van der Waals surface area contributed by atoms with Crippen LogP contribution in [-0.2, 0) is 13.1 Å². The van der Waals surface area contributed by atoms with Crippen LogP contribution in [0.1, 0.15) is 64.0 Å². The molecule has 0 unspecified atom stereocenters. The van der Waals surface area contributed by atoms with Crippen LogP contribution in [0.5, 0.6) is 0 Å². The van der Waals surface area contributed by atoms with Gasteiger partial charge in [-0.2, -0.15) is 0 Å². The van der Waals surface area contributed by atoms with Gasteiger partial charge in [0.25, 0.3) is 0 Å². The number of nitrogen functional groups attached to an aromatic ring is 2. The van der Waals surface area contributed by atoms with Crippen LogP contribution >= 0.6 is 0 Å². The Kier molecular flexibility index (Phi) is 9.09. The highest BCUT2D eigenvalue weighted by Gasteiger charge is 2.22. The third-order valence-electron chi connectivity index (χ3n) is 8.64. The molecule has 2 aromatic heterocycles. The van der Waals surface area contributed by atoms with Gasteiger partial charge in [-0.3, -0.25) is 0 Å². The highest BCUT2D eigenvalue weighted by molar-refractivity contribution is 5.83. The predicted octanol–water partition coefficient (Wildman–Crippen LogP) is 4.31. The number of aliphatic hydroxyl groups is 2. The summed E-state index contributed by atoms with van der Waals surface area (Å²) in [5.41, 5.74) is 18.2. The zero-order chi connectivity index (χ0) is 31.8. The van der Waals surface area contributed by atoms with E-state index in [1.807, 2.05) is 9.13 Å². The molecule has 44 heavy (non-hydrogen) atoms. The second-order valence-corrected chi connectivity index (χ2v) is 14.0. The number of likely N-dealkylation sites (tertiary alicyclic amines) is 1. The Morgan fingerprint density at radius 3 is 1.84 bits per heavy atom. The summed E-state index contributed by atoms with van der Waals surface area (Å²) in [6, 6.07) is 12.7. The van der Waals surface area contributed by atoms with E-state index in [0.717, 1.165) is 54.7 Å². The molecule has 0 aliphatic carbocycles. The Balaban J connectivity index is 0.000000175. The van der Waals surface area contributed by atoms with Crippen LogP contribution < -0.4 is 11.5 Å². The number of benzene rings is 2. The molecule has 2 aliphatic heterocycles. The van der Waals surface area contributed by atoms with Gasteiger partial charge in [-0.15, -0.1) is 0 Å². The summed E-state index contributed by atoms with van der Waals surface area (Å²) in [5, 5.41) is 20.1. The number of nitrogens with zero attached hydrogens (tertiary/aromatic N) is 6. The van der Waals surface area contributed by atoms with Crippen LogP contribution in [0.15, 0.2) is 42.5 Å². The number of likely N-dealkylation sites (N-methyl/N-ethyl adjacent to an activating group) is 1. The number of aromatic nitrogens is 4. The van der Waals surface area contributed by atoms with Crippen molar-refractivity contribution in [1.82, 2.24) is 28.9 Å². The molecule has 0 radical (unpaired) electrons. The summed E-state index contributed by atoms with van der Waals surface area (Å²) in [4.78, 5) is 13.6. The molecular weight excluding hydrogens is 552 g/mol. The molecule has 6 rings (SSSR count). The highest BCUT2D eigenvalue weighted by Crippen LogP contribution is 2.31. The summed E-state index contributed by atoms with van der Waals surface area (Å²) in [5.74, 6) is 1.53. The Hall–Kier alpha value is -3.44. The number of fused-ring (bicyclic) bond motifs is 2. The molecular formula is C34H50N8O2. The van der Waals surface area contributed by atoms with E-state index >= 15 is 0 Å². The Morgan fingerprint density at radius 1 is 0.773 bits per heavy atom. The maximum Gasteiger partial charge on any atom is 0.201 e. The van der Waals surface area contributed by atoms with Crippen molar-refractivity contribution in [3.63, 3.8) is 0 Å². The minimum Gasteiger partial charge on any atom is -0.389 e. The minimum absolute atomic E-state index is 0.433. The third-order valence-corrected chi connectivity index (χ3v) is 8.64. The number of rotatable bonds is 6. The summed E-state index contributed by atoms with van der Waals surface area (Å²) in [7, 11) is 4.31. The van der Waals surface area contributed by atoms with Crippen molar-refractivity contribution >= 4 is 39.5 Å². The lowest BCUT2D eigenvalue weighted by molar-refractivity contribution is 0.0627. The van der Waals surface area contributed by atoms with E-state index in [2.05, 4.69) is 76.3 Å². The van der Waals surface area contributed by atoms with Gasteiger partial charge in [0.2, 0.25) is 11.9 Å². The predicted molar refractivity (Wildman–Crippen MR) is 180 cm³/mol. The molecule has 4 heterocycles.